The molecule has 1 atom stereocenters. The van der Waals surface area contributed by atoms with Crippen LogP contribution in [-0.4, -0.2) is 50.5 Å². The minimum absolute atomic E-state index is 0.0175. The maximum Gasteiger partial charge on any atom is 0.276 e. The number of carbonyl (C=O) groups is 1. The van der Waals surface area contributed by atoms with Crippen LogP contribution in [0.2, 0.25) is 0 Å². The molecule has 1 aromatic rings. The molecule has 0 radical (unpaired) electrons. The number of carbonyl (C=O) groups excluding carboxylic acids is 1. The van der Waals surface area contributed by atoms with E-state index >= 15 is 0 Å². The van der Waals surface area contributed by atoms with Crippen LogP contribution in [-0.2, 0) is 0 Å². The van der Waals surface area contributed by atoms with Gasteiger partial charge in [-0.3, -0.25) is 4.79 Å². The van der Waals surface area contributed by atoms with E-state index in [2.05, 4.69) is 15.4 Å². The first-order chi connectivity index (χ1) is 6.83. The number of aromatic amines is 1. The largest absolute Gasteiger partial charge is 0.394 e. The third kappa shape index (κ3) is 1.48. The van der Waals surface area contributed by atoms with Gasteiger partial charge >= 0.3 is 0 Å². The summed E-state index contributed by atoms with van der Waals surface area (Å²) in [4.78, 5) is 13.4. The van der Waals surface area contributed by atoms with Gasteiger partial charge in [0, 0.05) is 6.54 Å². The second-order valence-electron chi connectivity index (χ2n) is 3.33. The summed E-state index contributed by atoms with van der Waals surface area (Å²) in [7, 11) is 0. The number of aromatic nitrogens is 3. The molecule has 76 valence electrons. The van der Waals surface area contributed by atoms with Crippen molar-refractivity contribution < 1.29 is 9.90 Å². The lowest BCUT2D eigenvalue weighted by molar-refractivity contribution is 0.0671. The second kappa shape index (κ2) is 3.75. The van der Waals surface area contributed by atoms with Crippen LogP contribution in [0.1, 0.15) is 23.3 Å². The summed E-state index contributed by atoms with van der Waals surface area (Å²) in [5, 5.41) is 18.7. The first kappa shape index (κ1) is 9.14. The summed E-state index contributed by atoms with van der Waals surface area (Å²) in [6.07, 6.45) is 3.20. The van der Waals surface area contributed by atoms with Gasteiger partial charge in [-0.2, -0.15) is 15.4 Å². The molecule has 2 heterocycles. The van der Waals surface area contributed by atoms with Crippen molar-refractivity contribution in [1.82, 2.24) is 20.3 Å². The Balaban J connectivity index is 2.11. The molecule has 0 aromatic carbocycles. The Kier molecular flexibility index (Phi) is 2.45. The van der Waals surface area contributed by atoms with Crippen LogP contribution in [0, 0.1) is 0 Å². The van der Waals surface area contributed by atoms with Crippen molar-refractivity contribution in [3.8, 4) is 0 Å². The van der Waals surface area contributed by atoms with Gasteiger partial charge in [-0.05, 0) is 12.8 Å². The van der Waals surface area contributed by atoms with Gasteiger partial charge in [-0.15, -0.1) is 0 Å². The molecule has 1 aromatic heterocycles. The average molecular weight is 196 g/mol. The van der Waals surface area contributed by atoms with Crippen LogP contribution in [0.25, 0.3) is 0 Å². The number of rotatable bonds is 2. The van der Waals surface area contributed by atoms with Gasteiger partial charge in [0.2, 0.25) is 0 Å². The van der Waals surface area contributed by atoms with E-state index in [-0.39, 0.29) is 18.6 Å². The normalized spacial score (nSPS) is 21.5. The zero-order valence-corrected chi connectivity index (χ0v) is 7.68. The average Bonchev–Trinajstić information content (AvgIpc) is 2.87. The number of nitrogens with one attached hydrogen (secondary N) is 1. The minimum Gasteiger partial charge on any atom is -0.394 e. The predicted molar refractivity (Wildman–Crippen MR) is 47.5 cm³/mol. The van der Waals surface area contributed by atoms with Gasteiger partial charge < -0.3 is 10.0 Å². The molecular weight excluding hydrogens is 184 g/mol. The first-order valence-corrected chi connectivity index (χ1v) is 4.60. The van der Waals surface area contributed by atoms with Crippen LogP contribution in [0.15, 0.2) is 6.20 Å². The Morgan fingerprint density at radius 2 is 2.64 bits per heavy atom. The quantitative estimate of drug-likeness (QED) is 0.661. The lowest BCUT2D eigenvalue weighted by Crippen LogP contribution is -2.37. The molecule has 2 rings (SSSR count). The van der Waals surface area contributed by atoms with Crippen LogP contribution >= 0.6 is 0 Å². The van der Waals surface area contributed by atoms with E-state index in [1.165, 1.54) is 6.20 Å². The highest BCUT2D eigenvalue weighted by atomic mass is 16.3. The lowest BCUT2D eigenvalue weighted by atomic mass is 10.2. The van der Waals surface area contributed by atoms with Crippen molar-refractivity contribution in [3.63, 3.8) is 0 Å². The number of hydrogen-bond acceptors (Lipinski definition) is 4. The van der Waals surface area contributed by atoms with Crippen LogP contribution in [0.3, 0.4) is 0 Å². The van der Waals surface area contributed by atoms with Gasteiger partial charge in [-0.25, -0.2) is 0 Å². The number of aliphatic hydroxyl groups is 1. The molecular formula is C8H12N4O2. The highest BCUT2D eigenvalue weighted by Gasteiger charge is 2.29. The minimum atomic E-state index is -0.157. The molecule has 0 bridgehead atoms. The van der Waals surface area contributed by atoms with Gasteiger partial charge in [0.15, 0.2) is 5.69 Å². The van der Waals surface area contributed by atoms with Gasteiger partial charge in [0.1, 0.15) is 0 Å². The molecule has 1 aliphatic rings. The van der Waals surface area contributed by atoms with Gasteiger partial charge in [0.25, 0.3) is 5.91 Å². The monoisotopic (exact) mass is 196 g/mol. The maximum atomic E-state index is 11.8. The molecule has 1 amide bonds. The first-order valence-electron chi connectivity index (χ1n) is 4.60. The van der Waals surface area contributed by atoms with E-state index in [1.807, 2.05) is 0 Å². The zero-order valence-electron chi connectivity index (χ0n) is 7.68. The Morgan fingerprint density at radius 3 is 3.29 bits per heavy atom. The van der Waals surface area contributed by atoms with Crippen LogP contribution in [0.5, 0.6) is 0 Å². The van der Waals surface area contributed by atoms with Crippen molar-refractivity contribution in [1.29, 1.82) is 0 Å². The maximum absolute atomic E-state index is 11.8. The molecule has 0 saturated carbocycles. The molecule has 0 spiro atoms. The van der Waals surface area contributed by atoms with Crippen LogP contribution < -0.4 is 0 Å². The summed E-state index contributed by atoms with van der Waals surface area (Å²) >= 11 is 0. The van der Waals surface area contributed by atoms with Crippen molar-refractivity contribution in [2.45, 2.75) is 18.9 Å². The predicted octanol–water partition coefficient (Wildman–Crippen LogP) is -0.598. The highest BCUT2D eigenvalue weighted by molar-refractivity contribution is 5.92. The van der Waals surface area contributed by atoms with E-state index < -0.39 is 0 Å². The topological polar surface area (TPSA) is 82.1 Å². The smallest absolute Gasteiger partial charge is 0.276 e. The third-order valence-corrected chi connectivity index (χ3v) is 2.48. The molecule has 6 nitrogen and oxygen atoms in total. The fourth-order valence-electron chi connectivity index (χ4n) is 1.74. The number of likely N-dealkylation sites (tertiary alicyclic amines) is 1. The summed E-state index contributed by atoms with van der Waals surface area (Å²) in [6, 6.07) is -0.0563. The number of hydrogen-bond donors (Lipinski definition) is 2. The molecule has 1 aliphatic heterocycles. The summed E-state index contributed by atoms with van der Waals surface area (Å²) in [5.41, 5.74) is 0.311. The van der Waals surface area contributed by atoms with Gasteiger partial charge in [0.05, 0.1) is 18.8 Å². The van der Waals surface area contributed by atoms with Gasteiger partial charge in [-0.1, -0.05) is 0 Å². The lowest BCUT2D eigenvalue weighted by Gasteiger charge is -2.21. The molecule has 0 unspecified atom stereocenters. The Hall–Kier alpha value is -1.43. The Morgan fingerprint density at radius 1 is 1.79 bits per heavy atom. The van der Waals surface area contributed by atoms with Crippen molar-refractivity contribution in [2.24, 2.45) is 0 Å². The van der Waals surface area contributed by atoms with Crippen LogP contribution in [0.4, 0.5) is 0 Å². The van der Waals surface area contributed by atoms with E-state index in [4.69, 9.17) is 5.11 Å². The number of nitrogens with zero attached hydrogens (tertiary/aromatic N) is 3. The summed E-state index contributed by atoms with van der Waals surface area (Å²) < 4.78 is 0. The number of H-pyrrole nitrogens is 1. The second-order valence-corrected chi connectivity index (χ2v) is 3.33. The van der Waals surface area contributed by atoms with Crippen molar-refractivity contribution >= 4 is 5.91 Å². The zero-order chi connectivity index (χ0) is 9.97. The fraction of sp³-hybridized carbons (Fsp3) is 0.625. The highest BCUT2D eigenvalue weighted by Crippen LogP contribution is 2.18. The third-order valence-electron chi connectivity index (χ3n) is 2.48. The van der Waals surface area contributed by atoms with E-state index in [0.29, 0.717) is 12.2 Å². The molecule has 2 N–H and O–H groups in total. The summed E-state index contributed by atoms with van der Waals surface area (Å²) in [6.45, 7) is 0.709. The van der Waals surface area contributed by atoms with Crippen molar-refractivity contribution in [2.75, 3.05) is 13.2 Å². The van der Waals surface area contributed by atoms with E-state index in [1.54, 1.807) is 4.90 Å². The molecule has 1 fully saturated rings. The fourth-order valence-corrected chi connectivity index (χ4v) is 1.74. The summed E-state index contributed by atoms with van der Waals surface area (Å²) in [5.74, 6) is -0.157. The number of amides is 1. The van der Waals surface area contributed by atoms with E-state index in [9.17, 15) is 4.79 Å². The Labute approximate surface area is 80.9 Å². The van der Waals surface area contributed by atoms with Crippen molar-refractivity contribution in [3.05, 3.63) is 11.9 Å². The Bertz CT molecular complexity index is 311. The number of aliphatic hydroxyl groups excluding tert-OH is 1. The van der Waals surface area contributed by atoms with E-state index in [0.717, 1.165) is 12.8 Å². The standard InChI is InChI=1S/C8H12N4O2/c13-5-6-2-1-3-12(6)8(14)7-4-9-11-10-7/h4,6,13H,1-3,5H2,(H,9,10,11)/t6-/m1/s1. The SMILES string of the molecule is O=C(c1cn[nH]n1)N1CCC[C@@H]1CO. The molecule has 0 aliphatic carbocycles. The molecule has 14 heavy (non-hydrogen) atoms. The molecule has 6 heteroatoms. The molecule has 1 saturated heterocycles.